The lowest BCUT2D eigenvalue weighted by Gasteiger charge is -2.14. The molecule has 0 fully saturated rings. The molecule has 30 heavy (non-hydrogen) atoms. The summed E-state index contributed by atoms with van der Waals surface area (Å²) in [6, 6.07) is 22.5. The number of benzene rings is 3. The van der Waals surface area contributed by atoms with Gasteiger partial charge in [-0.15, -0.1) is 0 Å². The predicted molar refractivity (Wildman–Crippen MR) is 128 cm³/mol. The number of nitrogens with one attached hydrogen (secondary N) is 1. The van der Waals surface area contributed by atoms with Crippen LogP contribution in [0.15, 0.2) is 82.4 Å². The quantitative estimate of drug-likeness (QED) is 0.351. The van der Waals surface area contributed by atoms with Gasteiger partial charge in [0.2, 0.25) is 0 Å². The van der Waals surface area contributed by atoms with Gasteiger partial charge in [-0.05, 0) is 82.9 Å². The number of hydrogen-bond acceptors (Lipinski definition) is 3. The van der Waals surface area contributed by atoms with Crippen molar-refractivity contribution < 1.29 is 0 Å². The third-order valence-corrected chi connectivity index (χ3v) is 5.76. The minimum Gasteiger partial charge on any atom is -0.321 e. The molecule has 146 valence electrons. The second kappa shape index (κ2) is 7.21. The molecule has 5 aromatic rings. The summed E-state index contributed by atoms with van der Waals surface area (Å²) in [5, 5.41) is 1.39. The zero-order chi connectivity index (χ0) is 20.8. The summed E-state index contributed by atoms with van der Waals surface area (Å²) >= 11 is 2.18. The minimum atomic E-state index is -0.285. The van der Waals surface area contributed by atoms with Crippen LogP contribution >= 0.6 is 22.6 Å². The number of hydrogen-bond donors (Lipinski definition) is 1. The summed E-state index contributed by atoms with van der Waals surface area (Å²) in [7, 11) is 0. The van der Waals surface area contributed by atoms with E-state index in [2.05, 4.69) is 27.6 Å². The van der Waals surface area contributed by atoms with Crippen LogP contribution in [0, 0.1) is 10.5 Å². The van der Waals surface area contributed by atoms with Crippen molar-refractivity contribution in [3.63, 3.8) is 0 Å². The van der Waals surface area contributed by atoms with Gasteiger partial charge in [0.05, 0.1) is 22.2 Å². The molecule has 0 unspecified atom stereocenters. The van der Waals surface area contributed by atoms with E-state index >= 15 is 0 Å². The number of halogens is 1. The van der Waals surface area contributed by atoms with Gasteiger partial charge in [0.25, 0.3) is 11.1 Å². The average molecular weight is 505 g/mol. The van der Waals surface area contributed by atoms with Crippen molar-refractivity contribution in [1.29, 1.82) is 0 Å². The first-order chi connectivity index (χ1) is 14.5. The number of para-hydroxylation sites is 1. The van der Waals surface area contributed by atoms with Crippen molar-refractivity contribution in [2.75, 3.05) is 0 Å². The summed E-state index contributed by atoms with van der Waals surface area (Å²) < 4.78 is 2.48. The summed E-state index contributed by atoms with van der Waals surface area (Å²) in [5.41, 5.74) is 2.86. The summed E-state index contributed by atoms with van der Waals surface area (Å²) in [6.07, 6.45) is 0. The lowest BCUT2D eigenvalue weighted by atomic mass is 10.1. The highest BCUT2D eigenvalue weighted by atomic mass is 127. The first-order valence-corrected chi connectivity index (χ1v) is 10.5. The molecule has 5 rings (SSSR count). The highest BCUT2D eigenvalue weighted by Gasteiger charge is 2.18. The van der Waals surface area contributed by atoms with E-state index in [-0.39, 0.29) is 11.1 Å². The second-order valence-corrected chi connectivity index (χ2v) is 8.42. The average Bonchev–Trinajstić information content (AvgIpc) is 2.73. The van der Waals surface area contributed by atoms with Crippen LogP contribution in [0.3, 0.4) is 0 Å². The van der Waals surface area contributed by atoms with Gasteiger partial charge in [-0.1, -0.05) is 30.3 Å². The van der Waals surface area contributed by atoms with E-state index in [1.165, 1.54) is 4.57 Å². The smallest absolute Gasteiger partial charge is 0.266 e. The Hall–Kier alpha value is -3.26. The summed E-state index contributed by atoms with van der Waals surface area (Å²) in [5.74, 6) is 0.325. The molecule has 3 aromatic carbocycles. The Morgan fingerprint density at radius 2 is 1.77 bits per heavy atom. The van der Waals surface area contributed by atoms with Crippen LogP contribution in [0.5, 0.6) is 0 Å². The highest BCUT2D eigenvalue weighted by Crippen LogP contribution is 2.23. The molecular weight excluding hydrogens is 489 g/mol. The molecule has 0 saturated heterocycles. The van der Waals surface area contributed by atoms with Crippen LogP contribution in [-0.2, 0) is 0 Å². The normalized spacial score (nSPS) is 11.3. The summed E-state index contributed by atoms with van der Waals surface area (Å²) in [6.45, 7) is 1.97. The van der Waals surface area contributed by atoms with Crippen molar-refractivity contribution in [2.45, 2.75) is 6.92 Å². The maximum atomic E-state index is 13.6. The first kappa shape index (κ1) is 18.7. The fraction of sp³-hybridized carbons (Fsp3) is 0.0417. The molecule has 5 nitrogen and oxygen atoms in total. The van der Waals surface area contributed by atoms with E-state index in [1.54, 1.807) is 6.07 Å². The van der Waals surface area contributed by atoms with Crippen molar-refractivity contribution in [3.05, 3.63) is 103 Å². The number of pyridine rings is 1. The number of aryl methyl sites for hydroxylation is 1. The SMILES string of the molecule is Cc1cccc(-n2c(-c3cc4ccccc4[nH]c3=O)nc3ccc(I)cc3c2=O)c1. The van der Waals surface area contributed by atoms with Crippen molar-refractivity contribution in [2.24, 2.45) is 0 Å². The van der Waals surface area contributed by atoms with Gasteiger partial charge in [-0.3, -0.25) is 14.2 Å². The fourth-order valence-electron chi connectivity index (χ4n) is 3.66. The molecule has 2 heterocycles. The molecule has 0 amide bonds. The molecular formula is C24H16IN3O2. The van der Waals surface area contributed by atoms with Gasteiger partial charge >= 0.3 is 0 Å². The van der Waals surface area contributed by atoms with Gasteiger partial charge in [0.15, 0.2) is 5.82 Å². The van der Waals surface area contributed by atoms with Crippen molar-refractivity contribution in [1.82, 2.24) is 14.5 Å². The van der Waals surface area contributed by atoms with E-state index in [9.17, 15) is 9.59 Å². The molecule has 1 N–H and O–H groups in total. The van der Waals surface area contributed by atoms with Crippen molar-refractivity contribution in [3.8, 4) is 17.1 Å². The molecule has 0 aliphatic carbocycles. The van der Waals surface area contributed by atoms with Crippen LogP contribution in [0.4, 0.5) is 0 Å². The number of H-pyrrole nitrogens is 1. The van der Waals surface area contributed by atoms with Crippen LogP contribution in [0.25, 0.3) is 38.9 Å². The Kier molecular flexibility index (Phi) is 4.51. The van der Waals surface area contributed by atoms with Gasteiger partial charge in [-0.2, -0.15) is 0 Å². The van der Waals surface area contributed by atoms with E-state index in [4.69, 9.17) is 4.98 Å². The minimum absolute atomic E-state index is 0.202. The topological polar surface area (TPSA) is 67.8 Å². The van der Waals surface area contributed by atoms with Crippen LogP contribution in [0.2, 0.25) is 0 Å². The first-order valence-electron chi connectivity index (χ1n) is 9.43. The molecule has 6 heteroatoms. The molecule has 0 aliphatic heterocycles. The summed E-state index contributed by atoms with van der Waals surface area (Å²) in [4.78, 5) is 34.2. The zero-order valence-corrected chi connectivity index (χ0v) is 18.2. The molecule has 0 atom stereocenters. The number of fused-ring (bicyclic) bond motifs is 2. The van der Waals surface area contributed by atoms with Gasteiger partial charge in [0.1, 0.15) is 0 Å². The second-order valence-electron chi connectivity index (χ2n) is 7.18. The lowest BCUT2D eigenvalue weighted by molar-refractivity contribution is 0.969. The Labute approximate surface area is 185 Å². The Bertz CT molecular complexity index is 1570. The van der Waals surface area contributed by atoms with Crippen LogP contribution in [-0.4, -0.2) is 14.5 Å². The maximum absolute atomic E-state index is 13.6. The van der Waals surface area contributed by atoms with E-state index < -0.39 is 0 Å². The number of aromatic nitrogens is 3. The fourth-order valence-corrected chi connectivity index (χ4v) is 4.15. The number of rotatable bonds is 2. The molecule has 0 radical (unpaired) electrons. The third-order valence-electron chi connectivity index (χ3n) is 5.08. The molecule has 0 bridgehead atoms. The molecule has 0 aliphatic rings. The predicted octanol–water partition coefficient (Wildman–Crippen LogP) is 4.81. The van der Waals surface area contributed by atoms with Crippen LogP contribution < -0.4 is 11.1 Å². The monoisotopic (exact) mass is 505 g/mol. The van der Waals surface area contributed by atoms with Crippen LogP contribution in [0.1, 0.15) is 5.56 Å². The van der Waals surface area contributed by atoms with E-state index in [1.807, 2.05) is 73.7 Å². The lowest BCUT2D eigenvalue weighted by Crippen LogP contribution is -2.24. The van der Waals surface area contributed by atoms with Gasteiger partial charge in [-0.25, -0.2) is 4.98 Å². The third kappa shape index (κ3) is 3.13. The molecule has 0 saturated carbocycles. The standard InChI is InChI=1S/C24H16IN3O2/c1-14-5-4-7-17(11-14)28-22(26-21-10-9-16(25)13-18(21)24(28)30)19-12-15-6-2-3-8-20(15)27-23(19)29/h2-13H,1H3,(H,27,29). The van der Waals surface area contributed by atoms with E-state index in [0.29, 0.717) is 28.0 Å². The highest BCUT2D eigenvalue weighted by molar-refractivity contribution is 14.1. The Balaban J connectivity index is 1.93. The maximum Gasteiger partial charge on any atom is 0.266 e. The van der Waals surface area contributed by atoms with Gasteiger partial charge in [0, 0.05) is 9.09 Å². The number of aromatic amines is 1. The van der Waals surface area contributed by atoms with Crippen molar-refractivity contribution >= 4 is 44.4 Å². The van der Waals surface area contributed by atoms with Gasteiger partial charge < -0.3 is 4.98 Å². The largest absolute Gasteiger partial charge is 0.321 e. The zero-order valence-electron chi connectivity index (χ0n) is 16.0. The number of nitrogens with zero attached hydrogens (tertiary/aromatic N) is 2. The molecule has 2 aromatic heterocycles. The molecule has 0 spiro atoms. The Morgan fingerprint density at radius 1 is 0.933 bits per heavy atom. The Morgan fingerprint density at radius 3 is 2.60 bits per heavy atom. The van der Waals surface area contributed by atoms with E-state index in [0.717, 1.165) is 20.0 Å².